The second-order valence-corrected chi connectivity index (χ2v) is 13.1. The maximum Gasteiger partial charge on any atom is 0.315 e. The molecule has 1 atom stereocenters. The molecule has 17 heteroatoms. The Labute approximate surface area is 343 Å². The summed E-state index contributed by atoms with van der Waals surface area (Å²) >= 11 is 2.29. The molecule has 0 fully saturated rings. The summed E-state index contributed by atoms with van der Waals surface area (Å²) in [5.41, 5.74) is 14.4. The van der Waals surface area contributed by atoms with Crippen LogP contribution in [0.3, 0.4) is 0 Å². The summed E-state index contributed by atoms with van der Waals surface area (Å²) in [5, 5.41) is 19.5. The number of nitriles is 2. The Hall–Kier alpha value is -6.83. The molecule has 0 amide bonds. The minimum atomic E-state index is -0.760. The lowest BCUT2D eigenvalue weighted by Gasteiger charge is -2.19. The molecule has 0 saturated carbocycles. The van der Waals surface area contributed by atoms with Crippen molar-refractivity contribution in [2.45, 2.75) is 46.5 Å². The van der Waals surface area contributed by atoms with Gasteiger partial charge in [0, 0.05) is 11.1 Å². The number of rotatable bonds is 9. The number of esters is 2. The van der Waals surface area contributed by atoms with Gasteiger partial charge in [-0.05, 0) is 60.1 Å². The normalized spacial score (nSPS) is 11.8. The number of benzene rings is 2. The van der Waals surface area contributed by atoms with E-state index < -0.39 is 17.9 Å². The van der Waals surface area contributed by atoms with Crippen molar-refractivity contribution in [2.24, 2.45) is 0 Å². The maximum absolute atomic E-state index is 12.4. The molecule has 4 aromatic rings. The van der Waals surface area contributed by atoms with Gasteiger partial charge in [-0.25, -0.2) is 19.7 Å². The van der Waals surface area contributed by atoms with Crippen LogP contribution in [0.4, 0.5) is 23.0 Å². The van der Waals surface area contributed by atoms with Gasteiger partial charge in [0.15, 0.2) is 23.0 Å². The number of anilines is 2. The lowest BCUT2D eigenvalue weighted by Crippen LogP contribution is -2.19. The Morgan fingerprint density at radius 3 is 1.74 bits per heavy atom. The summed E-state index contributed by atoms with van der Waals surface area (Å²) in [6.45, 7) is 22.9. The Balaban J connectivity index is 0.000000237. The third kappa shape index (κ3) is 9.53. The number of nitrogens with two attached hydrogens (primary N) is 2. The molecule has 2 aliphatic rings. The highest BCUT2D eigenvalue weighted by atomic mass is 127. The molecule has 2 aromatic carbocycles. The van der Waals surface area contributed by atoms with Crippen molar-refractivity contribution < 1.29 is 38.0 Å². The van der Waals surface area contributed by atoms with Crippen molar-refractivity contribution in [3.05, 3.63) is 81.7 Å². The number of halogens is 1. The van der Waals surface area contributed by atoms with Crippen molar-refractivity contribution in [3.8, 4) is 57.4 Å². The molecule has 57 heavy (non-hydrogen) atoms. The smallest absolute Gasteiger partial charge is 0.315 e. The Morgan fingerprint density at radius 2 is 1.28 bits per heavy atom. The average molecular weight is 885 g/mol. The van der Waals surface area contributed by atoms with Gasteiger partial charge in [0.05, 0.1) is 55.3 Å². The van der Waals surface area contributed by atoms with Crippen molar-refractivity contribution >= 4 is 57.5 Å². The lowest BCUT2D eigenvalue weighted by molar-refractivity contribution is -0.145. The zero-order valence-electron chi connectivity index (χ0n) is 31.5. The van der Waals surface area contributed by atoms with Gasteiger partial charge in [-0.15, -0.1) is 0 Å². The van der Waals surface area contributed by atoms with Crippen LogP contribution >= 0.6 is 22.6 Å². The van der Waals surface area contributed by atoms with E-state index in [1.165, 1.54) is 4.43 Å². The molecular weight excluding hydrogens is 847 g/mol. The van der Waals surface area contributed by atoms with Gasteiger partial charge in [-0.1, -0.05) is 48.6 Å². The van der Waals surface area contributed by atoms with Crippen LogP contribution in [0.25, 0.3) is 31.9 Å². The largest absolute Gasteiger partial charge is 0.466 e. The Kier molecular flexibility index (Phi) is 15.2. The molecule has 0 radical (unpaired) electrons. The number of carbonyl (C=O) groups is 2. The second kappa shape index (κ2) is 20.2. The summed E-state index contributed by atoms with van der Waals surface area (Å²) in [5.74, 6) is 0.298. The third-order valence-corrected chi connectivity index (χ3v) is 8.20. The molecule has 2 aromatic heterocycles. The highest BCUT2D eigenvalue weighted by molar-refractivity contribution is 14.1. The molecule has 4 heterocycles. The third-order valence-electron chi connectivity index (χ3n) is 8.20. The summed E-state index contributed by atoms with van der Waals surface area (Å²) in [6.07, 6.45) is 0.161. The van der Waals surface area contributed by atoms with E-state index in [4.69, 9.17) is 53.0 Å². The molecule has 0 spiro atoms. The second-order valence-electron chi connectivity index (χ2n) is 11.6. The first-order valence-electron chi connectivity index (χ1n) is 17.4. The van der Waals surface area contributed by atoms with Crippen LogP contribution in [0.2, 0.25) is 0 Å². The van der Waals surface area contributed by atoms with E-state index in [0.29, 0.717) is 51.7 Å². The number of fused-ring (bicyclic) bond motifs is 2. The predicted molar refractivity (Wildman–Crippen MR) is 217 cm³/mol. The molecule has 4 N–H and O–H groups in total. The van der Waals surface area contributed by atoms with Crippen molar-refractivity contribution in [1.29, 1.82) is 10.5 Å². The molecule has 2 aliphatic heterocycles. The molecule has 1 unspecified atom stereocenters. The standard InChI is InChI=1S/C20H18N4O4.C18H14N4O4.C2H5I/c1-4-12(20(25)26-5-2)17-13(9-21)16(18(23-3)19(22)24-17)11-6-7-14-15(8-11)28-10-27-14;1-3-24-15(23)7-12-11(8-19)16(17(21-2)18(20)22-12)10-4-5-13-14(6-10)26-9-25-13;1-2-3/h6-8,12H,4-5,10H2,1-2H3,(H2,22,24);4-6H,3,7,9H2,1H3,(H2,20,22);2H2,1H3. The molecule has 6 rings (SSSR count). The van der Waals surface area contributed by atoms with Gasteiger partial charge in [-0.2, -0.15) is 10.5 Å². The van der Waals surface area contributed by atoms with Crippen LogP contribution in [-0.2, 0) is 25.5 Å². The molecule has 16 nitrogen and oxygen atoms in total. The number of pyridine rings is 2. The van der Waals surface area contributed by atoms with Crippen LogP contribution in [0.1, 0.15) is 62.5 Å². The topological polar surface area (TPSA) is 224 Å². The number of aromatic nitrogens is 2. The van der Waals surface area contributed by atoms with E-state index in [1.807, 2.05) is 6.07 Å². The van der Waals surface area contributed by atoms with Crippen molar-refractivity contribution in [3.63, 3.8) is 0 Å². The summed E-state index contributed by atoms with van der Waals surface area (Å²) < 4.78 is 32.6. The van der Waals surface area contributed by atoms with E-state index in [9.17, 15) is 20.1 Å². The summed E-state index contributed by atoms with van der Waals surface area (Å²) in [6, 6.07) is 14.3. The predicted octanol–water partition coefficient (Wildman–Crippen LogP) is 7.57. The van der Waals surface area contributed by atoms with Gasteiger partial charge in [-0.3, -0.25) is 9.59 Å². The fourth-order valence-electron chi connectivity index (χ4n) is 5.83. The highest BCUT2D eigenvalue weighted by Crippen LogP contribution is 2.45. The van der Waals surface area contributed by atoms with Crippen molar-refractivity contribution in [1.82, 2.24) is 9.97 Å². The van der Waals surface area contributed by atoms with E-state index in [-0.39, 0.29) is 78.7 Å². The first-order valence-corrected chi connectivity index (χ1v) is 19.0. The first-order chi connectivity index (χ1) is 27.5. The van der Waals surface area contributed by atoms with Gasteiger partial charge in [0.2, 0.25) is 25.0 Å². The molecule has 0 aliphatic carbocycles. The minimum Gasteiger partial charge on any atom is -0.466 e. The van der Waals surface area contributed by atoms with Gasteiger partial charge >= 0.3 is 11.9 Å². The van der Waals surface area contributed by atoms with Gasteiger partial charge < -0.3 is 39.9 Å². The minimum absolute atomic E-state index is 0.0422. The molecule has 0 saturated heterocycles. The molecule has 0 bridgehead atoms. The van der Waals surface area contributed by atoms with E-state index in [1.54, 1.807) is 57.2 Å². The number of carbonyl (C=O) groups excluding carboxylic acids is 2. The number of hydrogen-bond acceptors (Lipinski definition) is 14. The first kappa shape index (κ1) is 42.9. The Morgan fingerprint density at radius 1 is 0.807 bits per heavy atom. The van der Waals surface area contributed by atoms with Crippen LogP contribution in [0.5, 0.6) is 23.0 Å². The number of hydrogen-bond donors (Lipinski definition) is 2. The maximum atomic E-state index is 12.4. The lowest BCUT2D eigenvalue weighted by atomic mass is 9.91. The number of ether oxygens (including phenoxy) is 6. The SMILES string of the molecule is CCI.[C-]#[N+]c1c(N)nc(C(CC)C(=O)OCC)c(C#N)c1-c1ccc2c(c1)OCO2.[C-]#[N+]c1c(N)nc(CC(=O)OCC)c(C#N)c1-c1ccc2c(c1)OCO2. The zero-order chi connectivity index (χ0) is 41.6. The summed E-state index contributed by atoms with van der Waals surface area (Å²) in [7, 11) is 0. The Bertz CT molecular complexity index is 2340. The van der Waals surface area contributed by atoms with Crippen LogP contribution in [0.15, 0.2) is 36.4 Å². The van der Waals surface area contributed by atoms with Crippen molar-refractivity contribution in [2.75, 3.05) is 42.7 Å². The highest BCUT2D eigenvalue weighted by Gasteiger charge is 2.30. The molecular formula is C40H37IN8O8. The quantitative estimate of drug-likeness (QED) is 0.0716. The van der Waals surface area contributed by atoms with E-state index in [2.05, 4.69) is 55.2 Å². The number of nitrogens with zero attached hydrogens (tertiary/aromatic N) is 6. The van der Waals surface area contributed by atoms with E-state index in [0.717, 1.165) is 0 Å². The van der Waals surface area contributed by atoms with Gasteiger partial charge in [0.25, 0.3) is 0 Å². The van der Waals surface area contributed by atoms with Crippen LogP contribution < -0.4 is 30.4 Å². The van der Waals surface area contributed by atoms with Crippen LogP contribution in [0, 0.1) is 35.8 Å². The fraction of sp³-hybridized carbons (Fsp3) is 0.300. The van der Waals surface area contributed by atoms with Gasteiger partial charge in [0.1, 0.15) is 29.7 Å². The monoisotopic (exact) mass is 884 g/mol. The summed E-state index contributed by atoms with van der Waals surface area (Å²) in [4.78, 5) is 39.5. The molecule has 292 valence electrons. The van der Waals surface area contributed by atoms with E-state index >= 15 is 0 Å². The zero-order valence-corrected chi connectivity index (χ0v) is 33.6. The number of nitrogen functional groups attached to an aromatic ring is 2. The average Bonchev–Trinajstić information content (AvgIpc) is 3.88. The number of alkyl halides is 1. The fourth-order valence-corrected chi connectivity index (χ4v) is 5.83. The van der Waals surface area contributed by atoms with Crippen LogP contribution in [-0.4, -0.2) is 53.1 Å².